The summed E-state index contributed by atoms with van der Waals surface area (Å²) in [4.78, 5) is 27.6. The van der Waals surface area contributed by atoms with Crippen molar-refractivity contribution in [3.63, 3.8) is 0 Å². The van der Waals surface area contributed by atoms with Crippen molar-refractivity contribution in [2.45, 2.75) is 12.5 Å². The number of hydrogen-bond acceptors (Lipinski definition) is 4. The SMILES string of the molecule is COc1ccc(N2CC(NC(=O)NCCN(C)C)CC2=O)cc1. The van der Waals surface area contributed by atoms with Gasteiger partial charge in [0.15, 0.2) is 0 Å². The molecule has 0 saturated carbocycles. The summed E-state index contributed by atoms with van der Waals surface area (Å²) in [7, 11) is 5.49. The average molecular weight is 320 g/mol. The molecule has 1 heterocycles. The number of carbonyl (C=O) groups is 2. The van der Waals surface area contributed by atoms with Crippen LogP contribution in [0.3, 0.4) is 0 Å². The predicted octanol–water partition coefficient (Wildman–Crippen LogP) is 0.661. The third kappa shape index (κ3) is 4.85. The molecule has 1 aromatic rings. The molecule has 0 aliphatic carbocycles. The number of anilines is 1. The van der Waals surface area contributed by atoms with Crippen molar-refractivity contribution in [3.05, 3.63) is 24.3 Å². The Hall–Kier alpha value is -2.28. The van der Waals surface area contributed by atoms with Crippen molar-refractivity contribution in [2.75, 3.05) is 45.7 Å². The van der Waals surface area contributed by atoms with Crippen LogP contribution in [0, 0.1) is 0 Å². The number of urea groups is 1. The van der Waals surface area contributed by atoms with Gasteiger partial charge in [0.2, 0.25) is 5.91 Å². The molecule has 1 aromatic carbocycles. The number of benzene rings is 1. The third-order valence-electron chi connectivity index (χ3n) is 3.69. The number of nitrogens with zero attached hydrogens (tertiary/aromatic N) is 2. The van der Waals surface area contributed by atoms with Crippen molar-refractivity contribution >= 4 is 17.6 Å². The Labute approximate surface area is 136 Å². The Kier molecular flexibility index (Phi) is 5.81. The van der Waals surface area contributed by atoms with Crippen LogP contribution in [0.5, 0.6) is 5.75 Å². The summed E-state index contributed by atoms with van der Waals surface area (Å²) in [5, 5.41) is 5.64. The summed E-state index contributed by atoms with van der Waals surface area (Å²) in [5.41, 5.74) is 0.813. The zero-order valence-electron chi connectivity index (χ0n) is 13.8. The molecular weight excluding hydrogens is 296 g/mol. The van der Waals surface area contributed by atoms with Gasteiger partial charge >= 0.3 is 6.03 Å². The topological polar surface area (TPSA) is 73.9 Å². The lowest BCUT2D eigenvalue weighted by Crippen LogP contribution is -2.45. The number of ether oxygens (including phenoxy) is 1. The molecule has 7 nitrogen and oxygen atoms in total. The molecule has 7 heteroatoms. The van der Waals surface area contributed by atoms with Gasteiger partial charge in [0.1, 0.15) is 5.75 Å². The van der Waals surface area contributed by atoms with Gasteiger partial charge < -0.3 is 25.2 Å². The largest absolute Gasteiger partial charge is 0.497 e. The summed E-state index contributed by atoms with van der Waals surface area (Å²) >= 11 is 0. The molecule has 0 radical (unpaired) electrons. The lowest BCUT2D eigenvalue weighted by atomic mass is 10.2. The molecule has 0 spiro atoms. The van der Waals surface area contributed by atoms with Crippen LogP contribution in [0.15, 0.2) is 24.3 Å². The van der Waals surface area contributed by atoms with E-state index >= 15 is 0 Å². The van der Waals surface area contributed by atoms with Crippen LogP contribution >= 0.6 is 0 Å². The molecule has 1 aliphatic rings. The maximum Gasteiger partial charge on any atom is 0.315 e. The highest BCUT2D eigenvalue weighted by Crippen LogP contribution is 2.24. The molecule has 1 unspecified atom stereocenters. The maximum atomic E-state index is 12.1. The van der Waals surface area contributed by atoms with E-state index in [2.05, 4.69) is 10.6 Å². The number of amides is 3. The van der Waals surface area contributed by atoms with Gasteiger partial charge in [0, 0.05) is 31.7 Å². The van der Waals surface area contributed by atoms with Crippen LogP contribution < -0.4 is 20.3 Å². The quantitative estimate of drug-likeness (QED) is 0.808. The molecule has 3 amide bonds. The zero-order valence-corrected chi connectivity index (χ0v) is 13.8. The Morgan fingerprint density at radius 2 is 2.04 bits per heavy atom. The van der Waals surface area contributed by atoms with Crippen molar-refractivity contribution in [2.24, 2.45) is 0 Å². The predicted molar refractivity (Wildman–Crippen MR) is 88.8 cm³/mol. The van der Waals surface area contributed by atoms with Gasteiger partial charge in [0.25, 0.3) is 0 Å². The highest BCUT2D eigenvalue weighted by atomic mass is 16.5. The maximum absolute atomic E-state index is 12.1. The van der Waals surface area contributed by atoms with Gasteiger partial charge in [-0.3, -0.25) is 4.79 Å². The third-order valence-corrected chi connectivity index (χ3v) is 3.69. The van der Waals surface area contributed by atoms with E-state index < -0.39 is 0 Å². The van der Waals surface area contributed by atoms with E-state index in [9.17, 15) is 9.59 Å². The number of nitrogens with one attached hydrogen (secondary N) is 2. The number of carbonyl (C=O) groups excluding carboxylic acids is 2. The molecule has 1 atom stereocenters. The first-order valence-corrected chi connectivity index (χ1v) is 7.63. The molecule has 0 aromatic heterocycles. The molecule has 1 aliphatic heterocycles. The normalized spacial score (nSPS) is 17.5. The lowest BCUT2D eigenvalue weighted by molar-refractivity contribution is -0.117. The minimum absolute atomic E-state index is 0.00811. The average Bonchev–Trinajstić information content (AvgIpc) is 2.87. The van der Waals surface area contributed by atoms with Crippen LogP contribution in [0.4, 0.5) is 10.5 Å². The van der Waals surface area contributed by atoms with Gasteiger partial charge in [-0.25, -0.2) is 4.79 Å². The van der Waals surface area contributed by atoms with E-state index in [1.807, 2.05) is 43.3 Å². The highest BCUT2D eigenvalue weighted by molar-refractivity contribution is 5.96. The second kappa shape index (κ2) is 7.82. The monoisotopic (exact) mass is 320 g/mol. The van der Waals surface area contributed by atoms with E-state index in [4.69, 9.17) is 4.74 Å². The first kappa shape index (κ1) is 17.1. The highest BCUT2D eigenvalue weighted by Gasteiger charge is 2.31. The van der Waals surface area contributed by atoms with Crippen LogP contribution in [-0.2, 0) is 4.79 Å². The molecule has 1 fully saturated rings. The van der Waals surface area contributed by atoms with Gasteiger partial charge in [-0.15, -0.1) is 0 Å². The zero-order chi connectivity index (χ0) is 16.8. The first-order valence-electron chi connectivity index (χ1n) is 7.63. The van der Waals surface area contributed by atoms with Crippen LogP contribution in [0.25, 0.3) is 0 Å². The van der Waals surface area contributed by atoms with E-state index in [1.54, 1.807) is 12.0 Å². The minimum atomic E-state index is -0.235. The van der Waals surface area contributed by atoms with Crippen LogP contribution in [0.1, 0.15) is 6.42 Å². The van der Waals surface area contributed by atoms with Crippen molar-refractivity contribution in [1.29, 1.82) is 0 Å². The Balaban J connectivity index is 1.85. The Morgan fingerprint density at radius 1 is 1.35 bits per heavy atom. The van der Waals surface area contributed by atoms with Gasteiger partial charge in [0.05, 0.1) is 13.2 Å². The fourth-order valence-electron chi connectivity index (χ4n) is 2.45. The summed E-state index contributed by atoms with van der Waals surface area (Å²) in [6.45, 7) is 1.82. The molecule has 2 N–H and O–H groups in total. The van der Waals surface area contributed by atoms with E-state index in [-0.39, 0.29) is 18.0 Å². The molecular formula is C16H24N4O3. The molecule has 0 bridgehead atoms. The van der Waals surface area contributed by atoms with Gasteiger partial charge in [-0.05, 0) is 38.4 Å². The van der Waals surface area contributed by atoms with Crippen LogP contribution in [-0.4, -0.2) is 63.7 Å². The summed E-state index contributed by atoms with van der Waals surface area (Å²) in [6, 6.07) is 6.91. The van der Waals surface area contributed by atoms with Crippen molar-refractivity contribution in [3.8, 4) is 5.75 Å². The molecule has 23 heavy (non-hydrogen) atoms. The second-order valence-electron chi connectivity index (χ2n) is 5.81. The van der Waals surface area contributed by atoms with Crippen molar-refractivity contribution < 1.29 is 14.3 Å². The number of hydrogen-bond donors (Lipinski definition) is 2. The van der Waals surface area contributed by atoms with Gasteiger partial charge in [-0.1, -0.05) is 0 Å². The minimum Gasteiger partial charge on any atom is -0.497 e. The number of likely N-dealkylation sites (N-methyl/N-ethyl adjacent to an activating group) is 1. The first-order chi connectivity index (χ1) is 11.0. The smallest absolute Gasteiger partial charge is 0.315 e. The van der Waals surface area contributed by atoms with Crippen LogP contribution in [0.2, 0.25) is 0 Å². The Bertz CT molecular complexity index is 545. The number of rotatable bonds is 6. The van der Waals surface area contributed by atoms with Crippen molar-refractivity contribution in [1.82, 2.24) is 15.5 Å². The fourth-order valence-corrected chi connectivity index (χ4v) is 2.45. The van der Waals surface area contributed by atoms with E-state index in [1.165, 1.54) is 0 Å². The summed E-state index contributed by atoms with van der Waals surface area (Å²) < 4.78 is 5.11. The standard InChI is InChI=1S/C16H24N4O3/c1-19(2)9-8-17-16(22)18-12-10-15(21)20(11-12)13-4-6-14(23-3)7-5-13/h4-7,12H,8-11H2,1-3H3,(H2,17,18,22). The fraction of sp³-hybridized carbons (Fsp3) is 0.500. The summed E-state index contributed by atoms with van der Waals surface area (Å²) in [5.74, 6) is 0.754. The van der Waals surface area contributed by atoms with E-state index in [0.717, 1.165) is 18.0 Å². The summed E-state index contributed by atoms with van der Waals surface area (Å²) in [6.07, 6.45) is 0.313. The molecule has 1 saturated heterocycles. The number of methoxy groups -OCH3 is 1. The van der Waals surface area contributed by atoms with E-state index in [0.29, 0.717) is 19.5 Å². The molecule has 126 valence electrons. The second-order valence-corrected chi connectivity index (χ2v) is 5.81. The van der Waals surface area contributed by atoms with Gasteiger partial charge in [-0.2, -0.15) is 0 Å². The molecule has 2 rings (SSSR count). The lowest BCUT2D eigenvalue weighted by Gasteiger charge is -2.18. The Morgan fingerprint density at radius 3 is 2.65 bits per heavy atom.